The van der Waals surface area contributed by atoms with E-state index in [-0.39, 0.29) is 5.91 Å². The Morgan fingerprint density at radius 1 is 1.23 bits per heavy atom. The second-order valence-electron chi connectivity index (χ2n) is 7.01. The molecule has 0 radical (unpaired) electrons. The van der Waals surface area contributed by atoms with Crippen molar-refractivity contribution >= 4 is 5.91 Å². The lowest BCUT2D eigenvalue weighted by atomic mass is 9.90. The number of amides is 1. The molecule has 3 N–H and O–H groups in total. The van der Waals surface area contributed by atoms with Crippen LogP contribution in [0.2, 0.25) is 0 Å². The highest BCUT2D eigenvalue weighted by molar-refractivity contribution is 5.94. The van der Waals surface area contributed by atoms with E-state index < -0.39 is 5.54 Å². The van der Waals surface area contributed by atoms with E-state index in [1.165, 1.54) is 32.1 Å². The molecule has 1 fully saturated rings. The molecule has 0 aliphatic heterocycles. The average Bonchev–Trinajstić information content (AvgIpc) is 2.51. The third-order valence-electron chi connectivity index (χ3n) is 4.03. The Balaban J connectivity index is 1.80. The molecule has 0 saturated heterocycles. The van der Waals surface area contributed by atoms with E-state index in [1.54, 1.807) is 12.1 Å². The van der Waals surface area contributed by atoms with Crippen LogP contribution in [-0.2, 0) is 0 Å². The molecule has 1 saturated carbocycles. The predicted molar refractivity (Wildman–Crippen MR) is 89.1 cm³/mol. The topological polar surface area (TPSA) is 64.3 Å². The average molecular weight is 304 g/mol. The number of benzene rings is 1. The molecule has 0 heterocycles. The molecule has 0 spiro atoms. The van der Waals surface area contributed by atoms with E-state index in [9.17, 15) is 4.79 Å². The number of hydrogen-bond acceptors (Lipinski definition) is 3. The second-order valence-corrected chi connectivity index (χ2v) is 7.01. The van der Waals surface area contributed by atoms with E-state index in [0.29, 0.717) is 18.0 Å². The zero-order chi connectivity index (χ0) is 16.0. The van der Waals surface area contributed by atoms with Crippen LogP contribution in [0.15, 0.2) is 24.3 Å². The monoisotopic (exact) mass is 304 g/mol. The first-order valence-corrected chi connectivity index (χ1v) is 8.24. The third kappa shape index (κ3) is 5.68. The van der Waals surface area contributed by atoms with E-state index in [2.05, 4.69) is 5.32 Å². The van der Waals surface area contributed by atoms with E-state index in [0.717, 1.165) is 12.4 Å². The summed E-state index contributed by atoms with van der Waals surface area (Å²) in [5.74, 6) is 1.42. The fourth-order valence-electron chi connectivity index (χ4n) is 2.68. The summed E-state index contributed by atoms with van der Waals surface area (Å²) >= 11 is 0. The van der Waals surface area contributed by atoms with E-state index in [4.69, 9.17) is 10.5 Å². The summed E-state index contributed by atoms with van der Waals surface area (Å²) in [7, 11) is 0. The number of rotatable bonds is 6. The number of carbonyl (C=O) groups excluding carboxylic acids is 1. The zero-order valence-electron chi connectivity index (χ0n) is 13.7. The van der Waals surface area contributed by atoms with Gasteiger partial charge in [0, 0.05) is 17.6 Å². The van der Waals surface area contributed by atoms with Gasteiger partial charge in [0.15, 0.2) is 0 Å². The summed E-state index contributed by atoms with van der Waals surface area (Å²) in [6, 6.07) is 7.33. The fourth-order valence-corrected chi connectivity index (χ4v) is 2.68. The van der Waals surface area contributed by atoms with Gasteiger partial charge in [-0.25, -0.2) is 0 Å². The summed E-state index contributed by atoms with van der Waals surface area (Å²) in [6.07, 6.45) is 6.56. The first kappa shape index (κ1) is 16.8. The van der Waals surface area contributed by atoms with Gasteiger partial charge in [-0.1, -0.05) is 19.3 Å². The van der Waals surface area contributed by atoms with Gasteiger partial charge >= 0.3 is 0 Å². The zero-order valence-corrected chi connectivity index (χ0v) is 13.7. The van der Waals surface area contributed by atoms with Crippen molar-refractivity contribution in [3.05, 3.63) is 29.8 Å². The number of carbonyl (C=O) groups is 1. The standard InChI is InChI=1S/C18H28N2O2/c1-18(2,19)13-20-17(21)15-8-10-16(11-9-15)22-12-14-6-4-3-5-7-14/h8-11,14H,3-7,12-13,19H2,1-2H3,(H,20,21). The quantitative estimate of drug-likeness (QED) is 0.848. The minimum atomic E-state index is -0.404. The molecule has 122 valence electrons. The summed E-state index contributed by atoms with van der Waals surface area (Å²) in [4.78, 5) is 12.0. The molecule has 22 heavy (non-hydrogen) atoms. The van der Waals surface area contributed by atoms with E-state index in [1.807, 2.05) is 26.0 Å². The van der Waals surface area contributed by atoms with Gasteiger partial charge in [0.05, 0.1) is 6.61 Å². The molecule has 2 rings (SSSR count). The smallest absolute Gasteiger partial charge is 0.251 e. The van der Waals surface area contributed by atoms with Crippen LogP contribution >= 0.6 is 0 Å². The predicted octanol–water partition coefficient (Wildman–Crippen LogP) is 3.11. The van der Waals surface area contributed by atoms with Crippen LogP contribution in [0.5, 0.6) is 5.75 Å². The summed E-state index contributed by atoms with van der Waals surface area (Å²) in [5.41, 5.74) is 6.09. The molecule has 1 amide bonds. The highest BCUT2D eigenvalue weighted by atomic mass is 16.5. The normalized spacial score (nSPS) is 16.3. The highest BCUT2D eigenvalue weighted by Gasteiger charge is 2.15. The van der Waals surface area contributed by atoms with Crippen molar-refractivity contribution in [2.75, 3.05) is 13.2 Å². The van der Waals surface area contributed by atoms with Crippen molar-refractivity contribution in [1.82, 2.24) is 5.32 Å². The SMILES string of the molecule is CC(C)(N)CNC(=O)c1ccc(OCC2CCCCC2)cc1. The number of nitrogens with two attached hydrogens (primary N) is 1. The van der Waals surface area contributed by atoms with Gasteiger partial charge in [0.1, 0.15) is 5.75 Å². The molecular formula is C18H28N2O2. The first-order chi connectivity index (χ1) is 10.4. The molecule has 1 aromatic rings. The Morgan fingerprint density at radius 3 is 2.45 bits per heavy atom. The summed E-state index contributed by atoms with van der Waals surface area (Å²) in [6.45, 7) is 5.00. The van der Waals surface area contributed by atoms with Gasteiger partial charge in [0.2, 0.25) is 0 Å². The van der Waals surface area contributed by atoms with Crippen LogP contribution in [0.4, 0.5) is 0 Å². The number of hydrogen-bond donors (Lipinski definition) is 2. The lowest BCUT2D eigenvalue weighted by Gasteiger charge is -2.21. The van der Waals surface area contributed by atoms with Gasteiger partial charge < -0.3 is 15.8 Å². The van der Waals surface area contributed by atoms with Crippen LogP contribution in [0.3, 0.4) is 0 Å². The lowest BCUT2D eigenvalue weighted by molar-refractivity contribution is 0.0946. The minimum Gasteiger partial charge on any atom is -0.493 e. The van der Waals surface area contributed by atoms with Gasteiger partial charge in [-0.15, -0.1) is 0 Å². The Morgan fingerprint density at radius 2 is 1.86 bits per heavy atom. The first-order valence-electron chi connectivity index (χ1n) is 8.24. The van der Waals surface area contributed by atoms with Crippen molar-refractivity contribution in [2.45, 2.75) is 51.5 Å². The molecule has 0 unspecified atom stereocenters. The molecule has 0 atom stereocenters. The van der Waals surface area contributed by atoms with Crippen LogP contribution in [-0.4, -0.2) is 24.6 Å². The van der Waals surface area contributed by atoms with Crippen molar-refractivity contribution < 1.29 is 9.53 Å². The number of nitrogens with one attached hydrogen (secondary N) is 1. The van der Waals surface area contributed by atoms with Gasteiger partial charge in [-0.2, -0.15) is 0 Å². The highest BCUT2D eigenvalue weighted by Crippen LogP contribution is 2.24. The van der Waals surface area contributed by atoms with Crippen LogP contribution < -0.4 is 15.8 Å². The Bertz CT molecular complexity index is 471. The molecular weight excluding hydrogens is 276 g/mol. The molecule has 0 bridgehead atoms. The molecule has 1 aromatic carbocycles. The van der Waals surface area contributed by atoms with Crippen molar-refractivity contribution in [2.24, 2.45) is 11.7 Å². The van der Waals surface area contributed by atoms with Crippen molar-refractivity contribution in [3.8, 4) is 5.75 Å². The maximum absolute atomic E-state index is 12.0. The lowest BCUT2D eigenvalue weighted by Crippen LogP contribution is -2.45. The van der Waals surface area contributed by atoms with Gasteiger partial charge in [0.25, 0.3) is 5.91 Å². The van der Waals surface area contributed by atoms with Gasteiger partial charge in [-0.3, -0.25) is 4.79 Å². The maximum Gasteiger partial charge on any atom is 0.251 e. The van der Waals surface area contributed by atoms with Crippen LogP contribution in [0.1, 0.15) is 56.3 Å². The second kappa shape index (κ2) is 7.63. The van der Waals surface area contributed by atoms with Gasteiger partial charge in [-0.05, 0) is 56.9 Å². The molecule has 0 aromatic heterocycles. The van der Waals surface area contributed by atoms with Crippen LogP contribution in [0, 0.1) is 5.92 Å². The van der Waals surface area contributed by atoms with Crippen LogP contribution in [0.25, 0.3) is 0 Å². The Kier molecular flexibility index (Phi) is 5.83. The van der Waals surface area contributed by atoms with Crippen molar-refractivity contribution in [1.29, 1.82) is 0 Å². The molecule has 4 heteroatoms. The van der Waals surface area contributed by atoms with E-state index >= 15 is 0 Å². The summed E-state index contributed by atoms with van der Waals surface area (Å²) < 4.78 is 5.84. The van der Waals surface area contributed by atoms with Crippen molar-refractivity contribution in [3.63, 3.8) is 0 Å². The molecule has 4 nitrogen and oxygen atoms in total. The minimum absolute atomic E-state index is 0.0997. The third-order valence-corrected chi connectivity index (χ3v) is 4.03. The summed E-state index contributed by atoms with van der Waals surface area (Å²) in [5, 5.41) is 2.84. The molecule has 1 aliphatic rings. The molecule has 1 aliphatic carbocycles. The Hall–Kier alpha value is -1.55. The number of ether oxygens (including phenoxy) is 1. The largest absolute Gasteiger partial charge is 0.493 e. The Labute approximate surface area is 133 Å². The fraction of sp³-hybridized carbons (Fsp3) is 0.611. The maximum atomic E-state index is 12.0.